The molecule has 1 aliphatic rings. The number of allylic oxidation sites excluding steroid dienone is 1. The van der Waals surface area contributed by atoms with Gasteiger partial charge in [0.15, 0.2) is 29.6 Å². The van der Waals surface area contributed by atoms with E-state index < -0.39 is 0 Å². The zero-order valence-electron chi connectivity index (χ0n) is 18.4. The van der Waals surface area contributed by atoms with Crippen LogP contribution in [0.2, 0.25) is 0 Å². The van der Waals surface area contributed by atoms with Crippen LogP contribution in [-0.4, -0.2) is 39.5 Å². The molecule has 0 aromatic heterocycles. The van der Waals surface area contributed by atoms with Crippen LogP contribution in [0.3, 0.4) is 0 Å². The molecule has 0 aliphatic carbocycles. The fourth-order valence-corrected chi connectivity index (χ4v) is 3.49. The second-order valence-corrected chi connectivity index (χ2v) is 7.10. The van der Waals surface area contributed by atoms with E-state index in [1.165, 1.54) is 21.3 Å². The van der Waals surface area contributed by atoms with E-state index in [4.69, 9.17) is 23.7 Å². The molecule has 1 heterocycles. The maximum atomic E-state index is 12.9. The van der Waals surface area contributed by atoms with Crippen molar-refractivity contribution in [2.24, 2.45) is 0 Å². The van der Waals surface area contributed by atoms with Crippen LogP contribution >= 0.6 is 0 Å². The van der Waals surface area contributed by atoms with Crippen LogP contribution in [0.15, 0.2) is 66.4 Å². The number of hydrogen-bond donors (Lipinski definition) is 0. The van der Waals surface area contributed by atoms with Crippen LogP contribution < -0.4 is 23.7 Å². The molecule has 0 radical (unpaired) electrons. The third-order valence-electron chi connectivity index (χ3n) is 5.13. The van der Waals surface area contributed by atoms with Gasteiger partial charge in [-0.05, 0) is 30.3 Å². The van der Waals surface area contributed by atoms with Crippen molar-refractivity contribution in [1.29, 1.82) is 0 Å². The van der Waals surface area contributed by atoms with E-state index >= 15 is 0 Å². The molecule has 3 aromatic carbocycles. The summed E-state index contributed by atoms with van der Waals surface area (Å²) in [6, 6.07) is 17.2. The Morgan fingerprint density at radius 1 is 0.909 bits per heavy atom. The minimum absolute atomic E-state index is 0.123. The maximum absolute atomic E-state index is 12.9. The number of methoxy groups -OCH3 is 3. The molecule has 33 heavy (non-hydrogen) atoms. The molecule has 4 rings (SSSR count). The van der Waals surface area contributed by atoms with Gasteiger partial charge in [0.2, 0.25) is 11.5 Å². The first kappa shape index (κ1) is 22.0. The average Bonchev–Trinajstić information content (AvgIpc) is 3.16. The number of fused-ring (bicyclic) bond motifs is 1. The molecule has 0 saturated heterocycles. The van der Waals surface area contributed by atoms with Crippen LogP contribution in [0.1, 0.15) is 26.3 Å². The van der Waals surface area contributed by atoms with Crippen LogP contribution in [0.4, 0.5) is 0 Å². The molecule has 0 N–H and O–H groups in total. The Hall–Kier alpha value is -4.26. The van der Waals surface area contributed by atoms with Crippen molar-refractivity contribution in [3.05, 3.63) is 83.1 Å². The minimum atomic E-state index is -0.270. The highest BCUT2D eigenvalue weighted by Gasteiger charge is 2.29. The Balaban J connectivity index is 1.54. The number of hydrogen-bond acceptors (Lipinski definition) is 7. The van der Waals surface area contributed by atoms with Gasteiger partial charge in [-0.15, -0.1) is 0 Å². The summed E-state index contributed by atoms with van der Waals surface area (Å²) in [5.41, 5.74) is 1.57. The summed E-state index contributed by atoms with van der Waals surface area (Å²) in [7, 11) is 4.54. The molecule has 0 amide bonds. The van der Waals surface area contributed by atoms with Crippen LogP contribution in [-0.2, 0) is 0 Å². The Morgan fingerprint density at radius 2 is 1.67 bits per heavy atom. The molecule has 1 aliphatic heterocycles. The van der Waals surface area contributed by atoms with E-state index in [1.54, 1.807) is 60.7 Å². The number of carbonyl (C=O) groups excluding carboxylic acids is 2. The molecule has 0 saturated carbocycles. The van der Waals surface area contributed by atoms with Crippen molar-refractivity contribution in [3.8, 4) is 28.7 Å². The summed E-state index contributed by atoms with van der Waals surface area (Å²) in [5.74, 6) is 1.84. The quantitative estimate of drug-likeness (QED) is 0.370. The van der Waals surface area contributed by atoms with Gasteiger partial charge in [0, 0.05) is 17.2 Å². The van der Waals surface area contributed by atoms with Gasteiger partial charge in [0.1, 0.15) is 11.5 Å². The highest BCUT2D eigenvalue weighted by Crippen LogP contribution is 2.42. The fraction of sp³-hybridized carbons (Fsp3) is 0.154. The van der Waals surface area contributed by atoms with Crippen molar-refractivity contribution in [2.75, 3.05) is 27.9 Å². The van der Waals surface area contributed by atoms with Gasteiger partial charge < -0.3 is 23.7 Å². The number of Topliss-reactive ketones (excluding diaryl/α,β-unsaturated/α-hetero) is 2. The summed E-state index contributed by atoms with van der Waals surface area (Å²) in [6.45, 7) is -0.123. The maximum Gasteiger partial charge on any atom is 0.231 e. The first-order valence-electron chi connectivity index (χ1n) is 10.1. The van der Waals surface area contributed by atoms with Crippen LogP contribution in [0, 0.1) is 0 Å². The monoisotopic (exact) mass is 446 g/mol. The van der Waals surface area contributed by atoms with Crippen molar-refractivity contribution in [2.45, 2.75) is 0 Å². The predicted octanol–water partition coefficient (Wildman–Crippen LogP) is 4.59. The number of carbonyl (C=O) groups is 2. The molecule has 7 nitrogen and oxygen atoms in total. The summed E-state index contributed by atoms with van der Waals surface area (Å²) in [6.07, 6.45) is 1.59. The second-order valence-electron chi connectivity index (χ2n) is 7.10. The van der Waals surface area contributed by atoms with Crippen LogP contribution in [0.25, 0.3) is 6.08 Å². The lowest BCUT2D eigenvalue weighted by Gasteiger charge is -2.14. The lowest BCUT2D eigenvalue weighted by molar-refractivity contribution is 0.0921. The smallest absolute Gasteiger partial charge is 0.231 e. The third-order valence-corrected chi connectivity index (χ3v) is 5.13. The molecule has 0 unspecified atom stereocenters. The fourth-order valence-electron chi connectivity index (χ4n) is 3.49. The first-order valence-corrected chi connectivity index (χ1v) is 10.1. The summed E-state index contributed by atoms with van der Waals surface area (Å²) < 4.78 is 27.6. The first-order chi connectivity index (χ1) is 16.0. The van der Waals surface area contributed by atoms with Gasteiger partial charge in [-0.3, -0.25) is 9.59 Å². The van der Waals surface area contributed by atoms with E-state index in [-0.39, 0.29) is 23.9 Å². The Bertz CT molecular complexity index is 1230. The molecule has 0 spiro atoms. The number of ketones is 2. The second kappa shape index (κ2) is 9.48. The zero-order chi connectivity index (χ0) is 23.4. The Morgan fingerprint density at radius 3 is 2.36 bits per heavy atom. The molecule has 168 valence electrons. The molecule has 7 heteroatoms. The van der Waals surface area contributed by atoms with Gasteiger partial charge in [-0.25, -0.2) is 0 Å². The lowest BCUT2D eigenvalue weighted by atomic mass is 10.1. The molecule has 0 bridgehead atoms. The highest BCUT2D eigenvalue weighted by atomic mass is 16.5. The average molecular weight is 446 g/mol. The van der Waals surface area contributed by atoms with Crippen molar-refractivity contribution < 1.29 is 33.3 Å². The Kier molecular flexibility index (Phi) is 6.31. The van der Waals surface area contributed by atoms with E-state index in [0.29, 0.717) is 45.4 Å². The summed E-state index contributed by atoms with van der Waals surface area (Å²) in [4.78, 5) is 25.1. The van der Waals surface area contributed by atoms with E-state index in [1.807, 2.05) is 6.07 Å². The number of rotatable bonds is 8. The van der Waals surface area contributed by atoms with E-state index in [0.717, 1.165) is 0 Å². The van der Waals surface area contributed by atoms with Gasteiger partial charge >= 0.3 is 0 Å². The van der Waals surface area contributed by atoms with Gasteiger partial charge in [-0.2, -0.15) is 0 Å². The molecular formula is C26H22O7. The standard InChI is InChI=1S/C26H22O7/c1-29-21-12-9-17(25(30-2)26(21)31-3)13-23-24(28)19-11-10-18(14-22(19)33-23)32-15-20(27)16-7-5-4-6-8-16/h4-14H,15H2,1-3H3. The molecule has 3 aromatic rings. The SMILES string of the molecule is COc1ccc(C=C2Oc3cc(OCC(=O)c4ccccc4)ccc3C2=O)c(OC)c1OC. The Labute approximate surface area is 191 Å². The summed E-state index contributed by atoms with van der Waals surface area (Å²) in [5, 5.41) is 0. The summed E-state index contributed by atoms with van der Waals surface area (Å²) >= 11 is 0. The molecule has 0 atom stereocenters. The topological polar surface area (TPSA) is 80.3 Å². The van der Waals surface area contributed by atoms with Crippen LogP contribution in [0.5, 0.6) is 28.7 Å². The number of benzene rings is 3. The third kappa shape index (κ3) is 4.39. The van der Waals surface area contributed by atoms with Crippen molar-refractivity contribution in [3.63, 3.8) is 0 Å². The largest absolute Gasteiger partial charge is 0.493 e. The highest BCUT2D eigenvalue weighted by molar-refractivity contribution is 6.14. The van der Waals surface area contributed by atoms with Crippen molar-refractivity contribution in [1.82, 2.24) is 0 Å². The predicted molar refractivity (Wildman–Crippen MR) is 122 cm³/mol. The van der Waals surface area contributed by atoms with E-state index in [2.05, 4.69) is 0 Å². The molecule has 0 fully saturated rings. The lowest BCUT2D eigenvalue weighted by Crippen LogP contribution is -2.11. The van der Waals surface area contributed by atoms with Gasteiger partial charge in [0.05, 0.1) is 26.9 Å². The molecular weight excluding hydrogens is 424 g/mol. The van der Waals surface area contributed by atoms with Crippen molar-refractivity contribution >= 4 is 17.6 Å². The number of ether oxygens (including phenoxy) is 5. The van der Waals surface area contributed by atoms with Gasteiger partial charge in [0.25, 0.3) is 0 Å². The minimum Gasteiger partial charge on any atom is -0.493 e. The zero-order valence-corrected chi connectivity index (χ0v) is 18.4. The van der Waals surface area contributed by atoms with Gasteiger partial charge in [-0.1, -0.05) is 30.3 Å². The van der Waals surface area contributed by atoms with E-state index in [9.17, 15) is 9.59 Å². The normalized spacial score (nSPS) is 13.3.